The highest BCUT2D eigenvalue weighted by Crippen LogP contribution is 2.22. The molecule has 0 radical (unpaired) electrons. The number of nitrogens with zero attached hydrogens (tertiary/aromatic N) is 3. The van der Waals surface area contributed by atoms with E-state index in [1.807, 2.05) is 6.92 Å². The number of aromatic nitrogens is 2. The van der Waals surface area contributed by atoms with Gasteiger partial charge in [0.05, 0.1) is 0 Å². The van der Waals surface area contributed by atoms with Gasteiger partial charge in [0.25, 0.3) is 0 Å². The molecular formula is C16H29N5. The summed E-state index contributed by atoms with van der Waals surface area (Å²) < 4.78 is 0. The van der Waals surface area contributed by atoms with E-state index >= 15 is 0 Å². The fraction of sp³-hybridized carbons (Fsp3) is 0.750. The third kappa shape index (κ3) is 4.30. The van der Waals surface area contributed by atoms with Crippen molar-refractivity contribution in [2.75, 3.05) is 31.2 Å². The van der Waals surface area contributed by atoms with Gasteiger partial charge in [0.15, 0.2) is 0 Å². The van der Waals surface area contributed by atoms with Gasteiger partial charge in [-0.25, -0.2) is 9.97 Å². The van der Waals surface area contributed by atoms with Crippen LogP contribution in [0.15, 0.2) is 0 Å². The minimum atomic E-state index is 0.597. The first-order valence-electron chi connectivity index (χ1n) is 8.19. The van der Waals surface area contributed by atoms with Gasteiger partial charge < -0.3 is 16.0 Å². The molecule has 0 amide bonds. The average molecular weight is 291 g/mol. The average Bonchev–Trinajstić information content (AvgIpc) is 2.98. The van der Waals surface area contributed by atoms with E-state index < -0.39 is 0 Å². The molecule has 0 spiro atoms. The van der Waals surface area contributed by atoms with Crippen molar-refractivity contribution in [1.82, 2.24) is 14.9 Å². The Kier molecular flexibility index (Phi) is 5.79. The summed E-state index contributed by atoms with van der Waals surface area (Å²) in [5.74, 6) is 2.33. The largest absolute Gasteiger partial charge is 0.383 e. The smallest absolute Gasteiger partial charge is 0.134 e. The number of nitrogen functional groups attached to an aromatic ring is 1. The molecule has 1 aromatic heterocycles. The number of hydrogen-bond donors (Lipinski definition) is 2. The van der Waals surface area contributed by atoms with Crippen molar-refractivity contribution in [3.8, 4) is 0 Å². The highest BCUT2D eigenvalue weighted by atomic mass is 15.2. The van der Waals surface area contributed by atoms with Crippen molar-refractivity contribution >= 4 is 11.6 Å². The topological polar surface area (TPSA) is 67.1 Å². The Labute approximate surface area is 128 Å². The van der Waals surface area contributed by atoms with E-state index in [4.69, 9.17) is 5.73 Å². The number of rotatable bonds is 7. The monoisotopic (exact) mass is 291 g/mol. The molecule has 5 nitrogen and oxygen atoms in total. The van der Waals surface area contributed by atoms with E-state index in [1.54, 1.807) is 0 Å². The molecule has 0 aromatic carbocycles. The van der Waals surface area contributed by atoms with Gasteiger partial charge >= 0.3 is 0 Å². The quantitative estimate of drug-likeness (QED) is 0.808. The summed E-state index contributed by atoms with van der Waals surface area (Å²) in [5, 5.41) is 3.43. The fourth-order valence-corrected chi connectivity index (χ4v) is 2.97. The Balaban J connectivity index is 1.89. The third-order valence-corrected chi connectivity index (χ3v) is 4.41. The first-order valence-corrected chi connectivity index (χ1v) is 8.19. The van der Waals surface area contributed by atoms with E-state index in [-0.39, 0.29) is 0 Å². The Morgan fingerprint density at radius 3 is 2.67 bits per heavy atom. The van der Waals surface area contributed by atoms with Crippen LogP contribution >= 0.6 is 0 Å². The highest BCUT2D eigenvalue weighted by Gasteiger charge is 2.19. The standard InChI is InChI=1S/C16H29N5/c1-4-7-14-19-15(17)12(2)16(20-14)18-10-11-21(3)13-8-5-6-9-13/h13H,4-11H2,1-3H3,(H3,17,18,19,20). The van der Waals surface area contributed by atoms with Crippen LogP contribution in [0.5, 0.6) is 0 Å². The SMILES string of the molecule is CCCc1nc(N)c(C)c(NCCN(C)C2CCCC2)n1. The van der Waals surface area contributed by atoms with Crippen molar-refractivity contribution < 1.29 is 0 Å². The molecule has 1 aliphatic carbocycles. The summed E-state index contributed by atoms with van der Waals surface area (Å²) in [5.41, 5.74) is 6.94. The van der Waals surface area contributed by atoms with Crippen LogP contribution < -0.4 is 11.1 Å². The molecule has 2 rings (SSSR count). The summed E-state index contributed by atoms with van der Waals surface area (Å²) in [4.78, 5) is 11.4. The number of nitrogens with two attached hydrogens (primary N) is 1. The maximum Gasteiger partial charge on any atom is 0.134 e. The molecule has 0 bridgehead atoms. The Bertz CT molecular complexity index is 454. The summed E-state index contributed by atoms with van der Waals surface area (Å²) in [6.07, 6.45) is 7.36. The lowest BCUT2D eigenvalue weighted by molar-refractivity contribution is 0.254. The number of likely N-dealkylation sites (N-methyl/N-ethyl adjacent to an activating group) is 1. The molecule has 1 fully saturated rings. The van der Waals surface area contributed by atoms with Crippen molar-refractivity contribution in [1.29, 1.82) is 0 Å². The van der Waals surface area contributed by atoms with Gasteiger partial charge in [0.2, 0.25) is 0 Å². The van der Waals surface area contributed by atoms with Crippen LogP contribution in [-0.4, -0.2) is 41.0 Å². The normalized spacial score (nSPS) is 15.8. The van der Waals surface area contributed by atoms with Crippen LogP contribution in [0, 0.1) is 6.92 Å². The third-order valence-electron chi connectivity index (χ3n) is 4.41. The van der Waals surface area contributed by atoms with Crippen LogP contribution in [0.3, 0.4) is 0 Å². The molecule has 1 heterocycles. The molecule has 21 heavy (non-hydrogen) atoms. The number of nitrogens with one attached hydrogen (secondary N) is 1. The Morgan fingerprint density at radius 2 is 2.00 bits per heavy atom. The molecule has 0 unspecified atom stereocenters. The summed E-state index contributed by atoms with van der Waals surface area (Å²) in [6, 6.07) is 0.763. The van der Waals surface area contributed by atoms with Crippen molar-refractivity contribution in [3.63, 3.8) is 0 Å². The molecule has 5 heteroatoms. The number of anilines is 2. The van der Waals surface area contributed by atoms with Crippen LogP contribution in [0.2, 0.25) is 0 Å². The van der Waals surface area contributed by atoms with Gasteiger partial charge in [-0.1, -0.05) is 19.8 Å². The molecule has 1 saturated carbocycles. The van der Waals surface area contributed by atoms with Gasteiger partial charge in [0, 0.05) is 31.1 Å². The summed E-state index contributed by atoms with van der Waals surface area (Å²) >= 11 is 0. The molecular weight excluding hydrogens is 262 g/mol. The van der Waals surface area contributed by atoms with E-state index in [0.717, 1.165) is 49.2 Å². The molecule has 1 aliphatic rings. The first-order chi connectivity index (χ1) is 10.1. The lowest BCUT2D eigenvalue weighted by Gasteiger charge is -2.24. The van der Waals surface area contributed by atoms with E-state index in [1.165, 1.54) is 25.7 Å². The molecule has 0 aliphatic heterocycles. The maximum absolute atomic E-state index is 5.98. The van der Waals surface area contributed by atoms with E-state index in [2.05, 4.69) is 34.2 Å². The lowest BCUT2D eigenvalue weighted by atomic mass is 10.2. The zero-order valence-electron chi connectivity index (χ0n) is 13.7. The maximum atomic E-state index is 5.98. The van der Waals surface area contributed by atoms with E-state index in [0.29, 0.717) is 5.82 Å². The molecule has 118 valence electrons. The first kappa shape index (κ1) is 16.0. The predicted octanol–water partition coefficient (Wildman–Crippen LogP) is 2.61. The Morgan fingerprint density at radius 1 is 1.29 bits per heavy atom. The minimum Gasteiger partial charge on any atom is -0.383 e. The fourth-order valence-electron chi connectivity index (χ4n) is 2.97. The van der Waals surface area contributed by atoms with Gasteiger partial charge in [0.1, 0.15) is 17.5 Å². The Hall–Kier alpha value is -1.36. The second-order valence-electron chi connectivity index (χ2n) is 6.09. The summed E-state index contributed by atoms with van der Waals surface area (Å²) in [7, 11) is 2.22. The zero-order chi connectivity index (χ0) is 15.2. The molecule has 1 aromatic rings. The number of aryl methyl sites for hydroxylation is 1. The van der Waals surface area contributed by atoms with E-state index in [9.17, 15) is 0 Å². The van der Waals surface area contributed by atoms with Crippen LogP contribution in [0.1, 0.15) is 50.4 Å². The molecule has 3 N–H and O–H groups in total. The summed E-state index contributed by atoms with van der Waals surface area (Å²) in [6.45, 7) is 6.05. The minimum absolute atomic E-state index is 0.597. The van der Waals surface area contributed by atoms with Crippen LogP contribution in [-0.2, 0) is 6.42 Å². The second-order valence-corrected chi connectivity index (χ2v) is 6.09. The van der Waals surface area contributed by atoms with Crippen LogP contribution in [0.4, 0.5) is 11.6 Å². The second kappa shape index (κ2) is 7.59. The van der Waals surface area contributed by atoms with Gasteiger partial charge in [-0.05, 0) is 33.2 Å². The van der Waals surface area contributed by atoms with Crippen LogP contribution in [0.25, 0.3) is 0 Å². The lowest BCUT2D eigenvalue weighted by Crippen LogP contribution is -2.33. The van der Waals surface area contributed by atoms with Crippen molar-refractivity contribution in [2.45, 2.75) is 58.4 Å². The predicted molar refractivity (Wildman–Crippen MR) is 88.6 cm³/mol. The molecule has 0 atom stereocenters. The van der Waals surface area contributed by atoms with Gasteiger partial charge in [-0.2, -0.15) is 0 Å². The van der Waals surface area contributed by atoms with Gasteiger partial charge in [-0.3, -0.25) is 0 Å². The van der Waals surface area contributed by atoms with Gasteiger partial charge in [-0.15, -0.1) is 0 Å². The highest BCUT2D eigenvalue weighted by molar-refractivity contribution is 5.54. The zero-order valence-corrected chi connectivity index (χ0v) is 13.7. The molecule has 0 saturated heterocycles. The van der Waals surface area contributed by atoms with Crippen molar-refractivity contribution in [2.24, 2.45) is 0 Å². The number of hydrogen-bond acceptors (Lipinski definition) is 5. The van der Waals surface area contributed by atoms with Crippen molar-refractivity contribution in [3.05, 3.63) is 11.4 Å².